The van der Waals surface area contributed by atoms with Crippen molar-refractivity contribution >= 4 is 28.3 Å². The summed E-state index contributed by atoms with van der Waals surface area (Å²) in [5.74, 6) is -0.327. The molecule has 0 saturated heterocycles. The maximum absolute atomic E-state index is 12.6. The summed E-state index contributed by atoms with van der Waals surface area (Å²) in [4.78, 5) is 31.9. The van der Waals surface area contributed by atoms with Crippen LogP contribution in [0.1, 0.15) is 50.1 Å². The summed E-state index contributed by atoms with van der Waals surface area (Å²) in [5.41, 5.74) is 0.942. The van der Waals surface area contributed by atoms with Gasteiger partial charge < -0.3 is 20.1 Å². The fourth-order valence-corrected chi connectivity index (χ4v) is 7.00. The molecule has 4 N–H and O–H groups in total. The van der Waals surface area contributed by atoms with Crippen molar-refractivity contribution in [3.05, 3.63) is 10.6 Å². The Kier molecular flexibility index (Phi) is 7.96. The van der Waals surface area contributed by atoms with Gasteiger partial charge in [0, 0.05) is 30.4 Å². The maximum Gasteiger partial charge on any atom is 0.281 e. The Bertz CT molecular complexity index is 829. The second-order valence-corrected chi connectivity index (χ2v) is 11.3. The Balaban J connectivity index is 1.76. The number of hydrogen-bond acceptors (Lipinski definition) is 6. The van der Waals surface area contributed by atoms with Crippen molar-refractivity contribution in [2.75, 3.05) is 46.2 Å². The molecule has 1 heterocycles. The van der Waals surface area contributed by atoms with Crippen LogP contribution in [0.4, 0.5) is 5.13 Å². The molecule has 32 heavy (non-hydrogen) atoms. The van der Waals surface area contributed by atoms with Crippen molar-refractivity contribution in [1.29, 1.82) is 0 Å². The van der Waals surface area contributed by atoms with E-state index in [-0.39, 0.29) is 40.9 Å². The number of methoxy groups -OCH3 is 1. The number of carbonyl (C=O) groups excluding carboxylic acids is 2. The van der Waals surface area contributed by atoms with Gasteiger partial charge in [0.1, 0.15) is 0 Å². The van der Waals surface area contributed by atoms with Crippen LogP contribution in [0, 0.1) is 23.2 Å². The van der Waals surface area contributed by atoms with Gasteiger partial charge in [-0.3, -0.25) is 14.9 Å². The fourth-order valence-electron chi connectivity index (χ4n) is 5.72. The SMILES string of the molecule is COCCNC(=O)[C@@H](C)[C@@H]1CC[C@]2(C)Cc3sc(NC(=O)C[NH+](C)C)nc3[C@@H](C)[C@@H]2[C@H]1O. The number of anilines is 1. The molecule has 2 aliphatic carbocycles. The highest BCUT2D eigenvalue weighted by Crippen LogP contribution is 2.57. The number of likely N-dealkylation sites (N-methyl/N-ethyl adjacent to an activating group) is 1. The molecule has 0 aromatic carbocycles. The van der Waals surface area contributed by atoms with Crippen LogP contribution in [-0.2, 0) is 20.7 Å². The van der Waals surface area contributed by atoms with E-state index in [1.165, 1.54) is 4.88 Å². The molecule has 1 saturated carbocycles. The van der Waals surface area contributed by atoms with Gasteiger partial charge >= 0.3 is 0 Å². The van der Waals surface area contributed by atoms with Gasteiger partial charge in [-0.2, -0.15) is 0 Å². The van der Waals surface area contributed by atoms with Gasteiger partial charge in [0.15, 0.2) is 11.7 Å². The van der Waals surface area contributed by atoms with E-state index in [0.717, 1.165) is 29.9 Å². The molecule has 2 aliphatic rings. The first-order valence-electron chi connectivity index (χ1n) is 11.6. The third-order valence-corrected chi connectivity index (χ3v) is 8.33. The average molecular weight is 468 g/mol. The summed E-state index contributed by atoms with van der Waals surface area (Å²) in [6.07, 6.45) is 2.06. The minimum Gasteiger partial charge on any atom is -0.392 e. The molecule has 180 valence electrons. The van der Waals surface area contributed by atoms with E-state index < -0.39 is 6.10 Å². The molecule has 1 aromatic rings. The van der Waals surface area contributed by atoms with E-state index in [4.69, 9.17) is 9.72 Å². The van der Waals surface area contributed by atoms with Crippen LogP contribution in [0.25, 0.3) is 0 Å². The zero-order valence-corrected chi connectivity index (χ0v) is 21.0. The standard InChI is InChI=1S/C23H38N4O4S/c1-13(21(30)24-9-10-31-6)15-7-8-23(3)11-16-19(14(2)18(23)20(15)29)26-22(32-16)25-17(28)12-27(4)5/h13-15,18,20,29H,7-12H2,1-6H3,(H,24,30)(H,25,26,28)/p+1/t13-,14-,15-,18+,20-,23+/m0/s1. The largest absolute Gasteiger partial charge is 0.392 e. The van der Waals surface area contributed by atoms with Crippen LogP contribution in [0.5, 0.6) is 0 Å². The highest BCUT2D eigenvalue weighted by atomic mass is 32.1. The second-order valence-electron chi connectivity index (χ2n) is 10.2. The molecule has 1 aromatic heterocycles. The van der Waals surface area contributed by atoms with Gasteiger partial charge in [-0.1, -0.05) is 20.8 Å². The minimum absolute atomic E-state index is 0.0273. The number of nitrogens with zero attached hydrogens (tertiary/aromatic N) is 1. The number of nitrogens with one attached hydrogen (secondary N) is 3. The van der Waals surface area contributed by atoms with Gasteiger partial charge in [-0.15, -0.1) is 11.3 Å². The number of aliphatic hydroxyl groups excluding tert-OH is 1. The lowest BCUT2D eigenvalue weighted by Gasteiger charge is -2.53. The van der Waals surface area contributed by atoms with Crippen LogP contribution in [0.2, 0.25) is 0 Å². The lowest BCUT2D eigenvalue weighted by molar-refractivity contribution is -0.849. The molecule has 6 atom stereocenters. The van der Waals surface area contributed by atoms with Crippen molar-refractivity contribution in [2.24, 2.45) is 23.2 Å². The normalized spacial score (nSPS) is 30.4. The first-order chi connectivity index (χ1) is 15.1. The number of quaternary nitrogens is 1. The zero-order valence-electron chi connectivity index (χ0n) is 20.2. The number of aliphatic hydroxyl groups is 1. The minimum atomic E-state index is -0.572. The molecule has 8 nitrogen and oxygen atoms in total. The van der Waals surface area contributed by atoms with E-state index in [1.807, 2.05) is 21.0 Å². The van der Waals surface area contributed by atoms with Crippen LogP contribution in [0.15, 0.2) is 0 Å². The Morgan fingerprint density at radius 3 is 2.78 bits per heavy atom. The third kappa shape index (κ3) is 5.16. The number of rotatable bonds is 8. The third-order valence-electron chi connectivity index (χ3n) is 7.34. The van der Waals surface area contributed by atoms with Crippen molar-refractivity contribution in [3.8, 4) is 0 Å². The van der Waals surface area contributed by atoms with Gasteiger partial charge in [0.25, 0.3) is 5.91 Å². The molecule has 0 spiro atoms. The summed E-state index contributed by atoms with van der Waals surface area (Å²) in [5, 5.41) is 18.0. The molecule has 0 bridgehead atoms. The molecule has 9 heteroatoms. The first-order valence-corrected chi connectivity index (χ1v) is 12.4. The van der Waals surface area contributed by atoms with Crippen LogP contribution < -0.4 is 15.5 Å². The Hall–Kier alpha value is -1.55. The Morgan fingerprint density at radius 2 is 2.12 bits per heavy atom. The number of fused-ring (bicyclic) bond motifs is 2. The second kappa shape index (κ2) is 10.2. The molecular weight excluding hydrogens is 428 g/mol. The average Bonchev–Trinajstić information content (AvgIpc) is 3.08. The summed E-state index contributed by atoms with van der Waals surface area (Å²) < 4.78 is 5.02. The van der Waals surface area contributed by atoms with Crippen LogP contribution in [0.3, 0.4) is 0 Å². The number of carbonyl (C=O) groups is 2. The van der Waals surface area contributed by atoms with E-state index in [2.05, 4.69) is 24.5 Å². The molecule has 3 rings (SSSR count). The van der Waals surface area contributed by atoms with Crippen molar-refractivity contribution in [2.45, 2.75) is 52.1 Å². The van der Waals surface area contributed by atoms with E-state index in [1.54, 1.807) is 18.4 Å². The van der Waals surface area contributed by atoms with Crippen molar-refractivity contribution in [1.82, 2.24) is 10.3 Å². The summed E-state index contributed by atoms with van der Waals surface area (Å²) in [6, 6.07) is 0. The van der Waals surface area contributed by atoms with E-state index >= 15 is 0 Å². The lowest BCUT2D eigenvalue weighted by Crippen LogP contribution is -3.06. The Labute approximate surface area is 195 Å². The van der Waals surface area contributed by atoms with Crippen molar-refractivity contribution in [3.63, 3.8) is 0 Å². The van der Waals surface area contributed by atoms with E-state index in [0.29, 0.717) is 24.8 Å². The number of hydrogen-bond donors (Lipinski definition) is 4. The van der Waals surface area contributed by atoms with Crippen LogP contribution >= 0.6 is 11.3 Å². The first kappa shape index (κ1) is 25.1. The predicted molar refractivity (Wildman–Crippen MR) is 125 cm³/mol. The maximum atomic E-state index is 12.6. The van der Waals surface area contributed by atoms with Gasteiger partial charge in [-0.25, -0.2) is 4.98 Å². The number of aromatic nitrogens is 1. The smallest absolute Gasteiger partial charge is 0.281 e. The molecule has 0 unspecified atom stereocenters. The Morgan fingerprint density at radius 1 is 1.41 bits per heavy atom. The monoisotopic (exact) mass is 467 g/mol. The van der Waals surface area contributed by atoms with Gasteiger partial charge in [0.05, 0.1) is 32.5 Å². The number of thiazole rings is 1. The summed E-state index contributed by atoms with van der Waals surface area (Å²) in [6.45, 7) is 7.65. The molecule has 1 fully saturated rings. The molecule has 0 aliphatic heterocycles. The zero-order chi connectivity index (χ0) is 23.6. The van der Waals surface area contributed by atoms with Crippen molar-refractivity contribution < 1.29 is 24.3 Å². The number of amides is 2. The predicted octanol–water partition coefficient (Wildman–Crippen LogP) is 0.678. The highest BCUT2D eigenvalue weighted by molar-refractivity contribution is 7.15. The topological polar surface area (TPSA) is 105 Å². The molecule has 0 radical (unpaired) electrons. The lowest BCUT2D eigenvalue weighted by atomic mass is 9.53. The van der Waals surface area contributed by atoms with Crippen LogP contribution in [-0.4, -0.2) is 68.9 Å². The fraction of sp³-hybridized carbons (Fsp3) is 0.783. The number of ether oxygens (including phenoxy) is 1. The van der Waals surface area contributed by atoms with E-state index in [9.17, 15) is 14.7 Å². The van der Waals surface area contributed by atoms with Gasteiger partial charge in [-0.05, 0) is 36.5 Å². The molecular formula is C23H39N4O4S+. The van der Waals surface area contributed by atoms with Gasteiger partial charge in [0.2, 0.25) is 5.91 Å². The quantitative estimate of drug-likeness (QED) is 0.421. The molecule has 2 amide bonds. The highest BCUT2D eigenvalue weighted by Gasteiger charge is 2.53. The summed E-state index contributed by atoms with van der Waals surface area (Å²) in [7, 11) is 5.49. The summed E-state index contributed by atoms with van der Waals surface area (Å²) >= 11 is 1.56.